The summed E-state index contributed by atoms with van der Waals surface area (Å²) in [6.07, 6.45) is 5.70. The van der Waals surface area contributed by atoms with E-state index >= 15 is 0 Å². The minimum atomic E-state index is 0.0538. The summed E-state index contributed by atoms with van der Waals surface area (Å²) in [6, 6.07) is 3.60. The van der Waals surface area contributed by atoms with Crippen molar-refractivity contribution in [3.63, 3.8) is 0 Å². The molecule has 0 aliphatic rings. The highest BCUT2D eigenvalue weighted by Crippen LogP contribution is 2.23. The number of aryl methyl sites for hydroxylation is 1. The van der Waals surface area contributed by atoms with Crippen LogP contribution >= 0.6 is 11.8 Å². The first-order valence-electron chi connectivity index (χ1n) is 5.65. The molecule has 0 saturated heterocycles. The zero-order valence-electron chi connectivity index (χ0n) is 10.3. The van der Waals surface area contributed by atoms with Crippen LogP contribution in [0, 0.1) is 6.92 Å². The van der Waals surface area contributed by atoms with Crippen LogP contribution in [0.4, 0.5) is 0 Å². The first-order chi connectivity index (χ1) is 8.69. The van der Waals surface area contributed by atoms with E-state index < -0.39 is 0 Å². The molecule has 92 valence electrons. The number of Topliss-reactive ketones (excluding diaryl/α,β-unsaturated/α-hetero) is 1. The van der Waals surface area contributed by atoms with E-state index in [-0.39, 0.29) is 5.78 Å². The van der Waals surface area contributed by atoms with Crippen LogP contribution in [-0.4, -0.2) is 20.7 Å². The summed E-state index contributed by atoms with van der Waals surface area (Å²) in [5.74, 6) is 0.0538. The molecule has 0 aromatic carbocycles. The third-order valence-electron chi connectivity index (χ3n) is 2.31. The summed E-state index contributed by atoms with van der Waals surface area (Å²) in [6.45, 7) is 3.77. The van der Waals surface area contributed by atoms with Crippen LogP contribution in [0.2, 0.25) is 0 Å². The largest absolute Gasteiger partial charge is 0.292 e. The monoisotopic (exact) mass is 259 g/mol. The van der Waals surface area contributed by atoms with E-state index in [0.717, 1.165) is 10.5 Å². The second-order valence-corrected chi connectivity index (χ2v) is 4.84. The summed E-state index contributed by atoms with van der Waals surface area (Å²) in [5.41, 5.74) is 1.54. The highest BCUT2D eigenvalue weighted by molar-refractivity contribution is 7.99. The van der Waals surface area contributed by atoms with Crippen LogP contribution in [0.15, 0.2) is 40.8 Å². The Bertz CT molecular complexity index is 537. The Labute approximate surface area is 110 Å². The van der Waals surface area contributed by atoms with Gasteiger partial charge in [0.2, 0.25) is 0 Å². The van der Waals surface area contributed by atoms with Crippen LogP contribution < -0.4 is 0 Å². The molecule has 18 heavy (non-hydrogen) atoms. The average Bonchev–Trinajstić information content (AvgIpc) is 2.41. The smallest absolute Gasteiger partial charge is 0.192 e. The van der Waals surface area contributed by atoms with Crippen molar-refractivity contribution in [2.24, 2.45) is 0 Å². The summed E-state index contributed by atoms with van der Waals surface area (Å²) in [4.78, 5) is 24.9. The molecule has 0 aliphatic heterocycles. The molecule has 0 bridgehead atoms. The number of carbonyl (C=O) groups excluding carboxylic acids is 1. The Kier molecular flexibility index (Phi) is 4.04. The van der Waals surface area contributed by atoms with Gasteiger partial charge in [-0.05, 0) is 36.4 Å². The van der Waals surface area contributed by atoms with Crippen LogP contribution in [0.3, 0.4) is 0 Å². The van der Waals surface area contributed by atoms with Crippen molar-refractivity contribution in [2.75, 3.05) is 0 Å². The number of nitrogens with zero attached hydrogens (tertiary/aromatic N) is 3. The van der Waals surface area contributed by atoms with Gasteiger partial charge < -0.3 is 0 Å². The number of carbonyl (C=O) groups is 1. The average molecular weight is 259 g/mol. The minimum Gasteiger partial charge on any atom is -0.292 e. The zero-order chi connectivity index (χ0) is 13.0. The highest BCUT2D eigenvalue weighted by Gasteiger charge is 2.05. The Morgan fingerprint density at radius 1 is 1.17 bits per heavy atom. The number of ketones is 1. The Morgan fingerprint density at radius 3 is 2.44 bits per heavy atom. The predicted octanol–water partition coefficient (Wildman–Crippen LogP) is 2.92. The fraction of sp³-hybridized carbons (Fsp3) is 0.231. The molecule has 0 N–H and O–H groups in total. The molecule has 0 amide bonds. The molecule has 0 radical (unpaired) electrons. The van der Waals surface area contributed by atoms with Gasteiger partial charge in [0, 0.05) is 29.9 Å². The molecule has 2 rings (SSSR count). The van der Waals surface area contributed by atoms with Gasteiger partial charge in [0.15, 0.2) is 10.9 Å². The number of rotatable bonds is 4. The fourth-order valence-electron chi connectivity index (χ4n) is 1.33. The Balaban J connectivity index is 2.10. The molecular weight excluding hydrogens is 246 g/mol. The first-order valence-corrected chi connectivity index (χ1v) is 6.46. The van der Waals surface area contributed by atoms with E-state index in [1.807, 2.05) is 19.9 Å². The van der Waals surface area contributed by atoms with Gasteiger partial charge in [-0.2, -0.15) is 0 Å². The predicted molar refractivity (Wildman–Crippen MR) is 69.8 cm³/mol. The van der Waals surface area contributed by atoms with E-state index in [4.69, 9.17) is 0 Å². The third kappa shape index (κ3) is 3.13. The summed E-state index contributed by atoms with van der Waals surface area (Å²) in [7, 11) is 0. The first kappa shape index (κ1) is 12.7. The Morgan fingerprint density at radius 2 is 1.89 bits per heavy atom. The van der Waals surface area contributed by atoms with E-state index in [2.05, 4.69) is 15.0 Å². The SMILES string of the molecule is CCC(=O)c1ccc(Sc2ncc(C)cn2)cn1. The maximum atomic E-state index is 11.4. The third-order valence-corrected chi connectivity index (χ3v) is 3.18. The second-order valence-electron chi connectivity index (χ2n) is 3.80. The Hall–Kier alpha value is -1.75. The van der Waals surface area contributed by atoms with E-state index in [1.54, 1.807) is 24.7 Å². The lowest BCUT2D eigenvalue weighted by molar-refractivity contribution is 0.0983. The van der Waals surface area contributed by atoms with Crippen molar-refractivity contribution in [2.45, 2.75) is 30.3 Å². The fourth-order valence-corrected chi connectivity index (χ4v) is 1.99. The quantitative estimate of drug-likeness (QED) is 0.624. The molecule has 0 aliphatic carbocycles. The molecule has 4 nitrogen and oxygen atoms in total. The number of pyridine rings is 1. The number of hydrogen-bond donors (Lipinski definition) is 0. The van der Waals surface area contributed by atoms with Crippen LogP contribution in [-0.2, 0) is 0 Å². The maximum Gasteiger partial charge on any atom is 0.192 e. The summed E-state index contributed by atoms with van der Waals surface area (Å²) in [5, 5.41) is 0.678. The summed E-state index contributed by atoms with van der Waals surface area (Å²) >= 11 is 1.43. The van der Waals surface area contributed by atoms with Crippen molar-refractivity contribution in [3.05, 3.63) is 42.0 Å². The molecule has 0 fully saturated rings. The van der Waals surface area contributed by atoms with Gasteiger partial charge in [-0.25, -0.2) is 9.97 Å². The van der Waals surface area contributed by atoms with Crippen molar-refractivity contribution in [3.8, 4) is 0 Å². The lowest BCUT2D eigenvalue weighted by Crippen LogP contribution is -1.99. The highest BCUT2D eigenvalue weighted by atomic mass is 32.2. The molecule has 2 aromatic rings. The molecule has 2 heterocycles. The molecule has 0 atom stereocenters. The van der Waals surface area contributed by atoms with Crippen molar-refractivity contribution in [1.29, 1.82) is 0 Å². The van der Waals surface area contributed by atoms with Gasteiger partial charge in [-0.1, -0.05) is 6.92 Å². The van der Waals surface area contributed by atoms with Crippen LogP contribution in [0.1, 0.15) is 29.4 Å². The standard InChI is InChI=1S/C13H13N3OS/c1-3-12(17)11-5-4-10(8-14-11)18-13-15-6-9(2)7-16-13/h4-8H,3H2,1-2H3. The van der Waals surface area contributed by atoms with Gasteiger partial charge in [-0.15, -0.1) is 0 Å². The van der Waals surface area contributed by atoms with Gasteiger partial charge >= 0.3 is 0 Å². The minimum absolute atomic E-state index is 0.0538. The lowest BCUT2D eigenvalue weighted by Gasteiger charge is -2.01. The second kappa shape index (κ2) is 5.73. The van der Waals surface area contributed by atoms with E-state index in [0.29, 0.717) is 17.3 Å². The van der Waals surface area contributed by atoms with Gasteiger partial charge in [0.1, 0.15) is 5.69 Å². The summed E-state index contributed by atoms with van der Waals surface area (Å²) < 4.78 is 0. The van der Waals surface area contributed by atoms with Crippen molar-refractivity contribution in [1.82, 2.24) is 15.0 Å². The topological polar surface area (TPSA) is 55.7 Å². The zero-order valence-corrected chi connectivity index (χ0v) is 11.1. The number of hydrogen-bond acceptors (Lipinski definition) is 5. The van der Waals surface area contributed by atoms with Crippen molar-refractivity contribution < 1.29 is 4.79 Å². The van der Waals surface area contributed by atoms with Gasteiger partial charge in [-0.3, -0.25) is 9.78 Å². The number of aromatic nitrogens is 3. The lowest BCUT2D eigenvalue weighted by atomic mass is 10.2. The van der Waals surface area contributed by atoms with Crippen LogP contribution in [0.25, 0.3) is 0 Å². The van der Waals surface area contributed by atoms with Crippen LogP contribution in [0.5, 0.6) is 0 Å². The molecule has 2 aromatic heterocycles. The van der Waals surface area contributed by atoms with E-state index in [1.165, 1.54) is 11.8 Å². The molecule has 5 heteroatoms. The normalized spacial score (nSPS) is 10.3. The van der Waals surface area contributed by atoms with Gasteiger partial charge in [0.25, 0.3) is 0 Å². The van der Waals surface area contributed by atoms with Gasteiger partial charge in [0.05, 0.1) is 0 Å². The van der Waals surface area contributed by atoms with Crippen molar-refractivity contribution >= 4 is 17.5 Å². The molecule has 0 saturated carbocycles. The maximum absolute atomic E-state index is 11.4. The van der Waals surface area contributed by atoms with E-state index in [9.17, 15) is 4.79 Å². The molecular formula is C13H13N3OS. The molecule has 0 unspecified atom stereocenters. The molecule has 0 spiro atoms.